The largest absolute Gasteiger partial charge is 0.378 e. The van der Waals surface area contributed by atoms with E-state index in [-0.39, 0.29) is 22.8 Å². The molecule has 0 unspecified atom stereocenters. The summed E-state index contributed by atoms with van der Waals surface area (Å²) in [4.78, 5) is 24.2. The molecule has 8 nitrogen and oxygen atoms in total. The Labute approximate surface area is 109 Å². The van der Waals surface area contributed by atoms with Crippen molar-refractivity contribution in [2.75, 3.05) is 31.7 Å². The van der Waals surface area contributed by atoms with E-state index in [1.165, 1.54) is 18.2 Å². The maximum atomic E-state index is 12.3. The third-order valence-corrected chi connectivity index (χ3v) is 2.91. The lowest BCUT2D eigenvalue weighted by atomic mass is 10.1. The van der Waals surface area contributed by atoms with Crippen LogP contribution in [0.15, 0.2) is 18.2 Å². The van der Waals surface area contributed by atoms with Crippen LogP contribution in [0.1, 0.15) is 10.4 Å². The Morgan fingerprint density at radius 3 is 2.68 bits per heavy atom. The number of nitrogen functional groups attached to an aromatic ring is 1. The van der Waals surface area contributed by atoms with Gasteiger partial charge in [0.05, 0.1) is 23.7 Å². The van der Waals surface area contributed by atoms with E-state index >= 15 is 0 Å². The number of hydrogen-bond donors (Lipinski definition) is 2. The summed E-state index contributed by atoms with van der Waals surface area (Å²) >= 11 is 0. The van der Waals surface area contributed by atoms with E-state index in [9.17, 15) is 14.9 Å². The number of hydrogen-bond acceptors (Lipinski definition) is 6. The molecule has 19 heavy (non-hydrogen) atoms. The molecule has 1 aliphatic heterocycles. The van der Waals surface area contributed by atoms with E-state index in [1.54, 1.807) is 4.90 Å². The Kier molecular flexibility index (Phi) is 3.93. The van der Waals surface area contributed by atoms with Gasteiger partial charge in [-0.3, -0.25) is 20.8 Å². The van der Waals surface area contributed by atoms with Gasteiger partial charge in [-0.1, -0.05) is 6.07 Å². The lowest BCUT2D eigenvalue weighted by molar-refractivity contribution is -0.384. The number of anilines is 1. The first-order chi connectivity index (χ1) is 9.15. The number of hydrazine groups is 1. The van der Waals surface area contributed by atoms with Crippen LogP contribution in [0.3, 0.4) is 0 Å². The number of benzene rings is 1. The van der Waals surface area contributed by atoms with Crippen LogP contribution in [0.5, 0.6) is 0 Å². The Morgan fingerprint density at radius 1 is 1.42 bits per heavy atom. The molecule has 1 amide bonds. The molecule has 0 radical (unpaired) electrons. The van der Waals surface area contributed by atoms with Crippen LogP contribution in [-0.4, -0.2) is 42.0 Å². The molecule has 1 aliphatic rings. The van der Waals surface area contributed by atoms with E-state index in [2.05, 4.69) is 5.43 Å². The third-order valence-electron chi connectivity index (χ3n) is 2.91. The molecule has 1 saturated heterocycles. The lowest BCUT2D eigenvalue weighted by Gasteiger charge is -2.27. The van der Waals surface area contributed by atoms with Crippen LogP contribution in [0.4, 0.5) is 11.4 Å². The van der Waals surface area contributed by atoms with Gasteiger partial charge in [0.1, 0.15) is 5.69 Å². The normalized spacial score (nSPS) is 15.1. The maximum Gasteiger partial charge on any atom is 0.294 e. The smallest absolute Gasteiger partial charge is 0.294 e. The monoisotopic (exact) mass is 266 g/mol. The average molecular weight is 266 g/mol. The molecule has 2 rings (SSSR count). The van der Waals surface area contributed by atoms with E-state index in [0.29, 0.717) is 26.3 Å². The zero-order valence-electron chi connectivity index (χ0n) is 10.2. The van der Waals surface area contributed by atoms with Crippen molar-refractivity contribution in [3.63, 3.8) is 0 Å². The number of amides is 1. The summed E-state index contributed by atoms with van der Waals surface area (Å²) in [6.45, 7) is 1.86. The first kappa shape index (κ1) is 13.2. The zero-order chi connectivity index (χ0) is 13.8. The van der Waals surface area contributed by atoms with Crippen molar-refractivity contribution in [1.82, 2.24) is 4.90 Å². The van der Waals surface area contributed by atoms with Gasteiger partial charge in [0.15, 0.2) is 0 Å². The molecule has 1 fully saturated rings. The fourth-order valence-electron chi connectivity index (χ4n) is 1.96. The van der Waals surface area contributed by atoms with Gasteiger partial charge in [-0.15, -0.1) is 0 Å². The Morgan fingerprint density at radius 2 is 2.11 bits per heavy atom. The second-order valence-electron chi connectivity index (χ2n) is 4.01. The molecule has 102 valence electrons. The minimum atomic E-state index is -0.578. The highest BCUT2D eigenvalue weighted by Crippen LogP contribution is 2.28. The van der Waals surface area contributed by atoms with Crippen molar-refractivity contribution in [1.29, 1.82) is 0 Å². The number of carbonyl (C=O) groups is 1. The number of nitrogens with one attached hydrogen (secondary N) is 1. The molecular weight excluding hydrogens is 252 g/mol. The Hall–Kier alpha value is -2.19. The molecule has 1 aromatic rings. The van der Waals surface area contributed by atoms with E-state index in [0.717, 1.165) is 0 Å². The van der Waals surface area contributed by atoms with Gasteiger partial charge in [-0.25, -0.2) is 0 Å². The van der Waals surface area contributed by atoms with Crippen molar-refractivity contribution in [3.05, 3.63) is 33.9 Å². The molecule has 3 N–H and O–H groups in total. The molecule has 1 aromatic carbocycles. The van der Waals surface area contributed by atoms with Gasteiger partial charge in [0.2, 0.25) is 0 Å². The molecule has 0 aliphatic carbocycles. The van der Waals surface area contributed by atoms with Gasteiger partial charge >= 0.3 is 0 Å². The number of carbonyl (C=O) groups excluding carboxylic acids is 1. The SMILES string of the molecule is NNc1c(C(=O)N2CCOCC2)cccc1[N+](=O)[O-]. The maximum absolute atomic E-state index is 12.3. The number of nitro benzene ring substituents is 1. The highest BCUT2D eigenvalue weighted by atomic mass is 16.6. The fourth-order valence-corrected chi connectivity index (χ4v) is 1.96. The molecule has 1 heterocycles. The van der Waals surface area contributed by atoms with Crippen LogP contribution in [0, 0.1) is 10.1 Å². The van der Waals surface area contributed by atoms with Crippen LogP contribution < -0.4 is 11.3 Å². The summed E-state index contributed by atoms with van der Waals surface area (Å²) in [5.74, 6) is 5.01. The van der Waals surface area contributed by atoms with E-state index < -0.39 is 4.92 Å². The second kappa shape index (κ2) is 5.63. The number of ether oxygens (including phenoxy) is 1. The van der Waals surface area contributed by atoms with Crippen molar-refractivity contribution in [2.24, 2.45) is 5.84 Å². The van der Waals surface area contributed by atoms with Crippen molar-refractivity contribution < 1.29 is 14.5 Å². The number of rotatable bonds is 3. The lowest BCUT2D eigenvalue weighted by Crippen LogP contribution is -2.41. The van der Waals surface area contributed by atoms with Crippen LogP contribution in [0.25, 0.3) is 0 Å². The number of nitrogens with two attached hydrogens (primary N) is 1. The first-order valence-corrected chi connectivity index (χ1v) is 5.76. The van der Waals surface area contributed by atoms with Crippen LogP contribution in [0.2, 0.25) is 0 Å². The number of para-hydroxylation sites is 1. The summed E-state index contributed by atoms with van der Waals surface area (Å²) in [5.41, 5.74) is 2.25. The Balaban J connectivity index is 2.35. The molecule has 8 heteroatoms. The second-order valence-corrected chi connectivity index (χ2v) is 4.01. The fraction of sp³-hybridized carbons (Fsp3) is 0.364. The summed E-state index contributed by atoms with van der Waals surface area (Å²) in [6, 6.07) is 4.28. The summed E-state index contributed by atoms with van der Waals surface area (Å²) in [7, 11) is 0. The molecule has 0 bridgehead atoms. The van der Waals surface area contributed by atoms with Crippen molar-refractivity contribution in [2.45, 2.75) is 0 Å². The van der Waals surface area contributed by atoms with Gasteiger partial charge < -0.3 is 15.1 Å². The summed E-state index contributed by atoms with van der Waals surface area (Å²) in [5, 5.41) is 10.9. The third kappa shape index (κ3) is 2.64. The van der Waals surface area contributed by atoms with Crippen molar-refractivity contribution in [3.8, 4) is 0 Å². The Bertz CT molecular complexity index is 499. The minimum Gasteiger partial charge on any atom is -0.378 e. The summed E-state index contributed by atoms with van der Waals surface area (Å²) < 4.78 is 5.16. The minimum absolute atomic E-state index is 0.0315. The molecule has 0 spiro atoms. The molecule has 0 atom stereocenters. The highest BCUT2D eigenvalue weighted by Gasteiger charge is 2.25. The van der Waals surface area contributed by atoms with Gasteiger partial charge in [-0.2, -0.15) is 0 Å². The first-order valence-electron chi connectivity index (χ1n) is 5.76. The standard InChI is InChI=1S/C11H14N4O4/c12-13-10-8(2-1-3-9(10)15(17)18)11(16)14-4-6-19-7-5-14/h1-3,13H,4-7,12H2. The van der Waals surface area contributed by atoms with Gasteiger partial charge in [-0.05, 0) is 6.07 Å². The van der Waals surface area contributed by atoms with E-state index in [1.807, 2.05) is 0 Å². The number of morpholine rings is 1. The number of nitrogens with zero attached hydrogens (tertiary/aromatic N) is 2. The van der Waals surface area contributed by atoms with Crippen molar-refractivity contribution >= 4 is 17.3 Å². The predicted molar refractivity (Wildman–Crippen MR) is 67.6 cm³/mol. The topological polar surface area (TPSA) is 111 Å². The predicted octanol–water partition coefficient (Wildman–Crippen LogP) is 0.353. The molecule has 0 aromatic heterocycles. The van der Waals surface area contributed by atoms with Gasteiger partial charge in [0, 0.05) is 19.2 Å². The summed E-state index contributed by atoms with van der Waals surface area (Å²) in [6.07, 6.45) is 0. The number of nitro groups is 1. The highest BCUT2D eigenvalue weighted by molar-refractivity contribution is 6.01. The van der Waals surface area contributed by atoms with Crippen LogP contribution in [-0.2, 0) is 4.74 Å². The molecular formula is C11H14N4O4. The zero-order valence-corrected chi connectivity index (χ0v) is 10.2. The van der Waals surface area contributed by atoms with Gasteiger partial charge in [0.25, 0.3) is 11.6 Å². The van der Waals surface area contributed by atoms with E-state index in [4.69, 9.17) is 10.6 Å². The quantitative estimate of drug-likeness (QED) is 0.464. The average Bonchev–Trinajstić information content (AvgIpc) is 2.46. The van der Waals surface area contributed by atoms with Crippen LogP contribution >= 0.6 is 0 Å². The molecule has 0 saturated carbocycles.